The Balaban J connectivity index is 2.14. The zero-order chi connectivity index (χ0) is 13.7. The first-order chi connectivity index (χ1) is 9.20. The Bertz CT molecular complexity index is 558. The number of phenols is 1. The van der Waals surface area contributed by atoms with E-state index in [0.717, 1.165) is 17.5 Å². The van der Waals surface area contributed by atoms with Crippen LogP contribution >= 0.6 is 11.6 Å². The van der Waals surface area contributed by atoms with Crippen LogP contribution in [-0.2, 0) is 13.0 Å². The van der Waals surface area contributed by atoms with Crippen molar-refractivity contribution in [2.45, 2.75) is 13.0 Å². The van der Waals surface area contributed by atoms with Gasteiger partial charge >= 0.3 is 0 Å². The number of ether oxygens (including phenoxy) is 1. The molecule has 2 aromatic carbocycles. The average Bonchev–Trinajstić information content (AvgIpc) is 2.38. The molecule has 0 atom stereocenters. The molecule has 0 fully saturated rings. The Morgan fingerprint density at radius 1 is 1.16 bits per heavy atom. The zero-order valence-electron chi connectivity index (χ0n) is 10.5. The summed E-state index contributed by atoms with van der Waals surface area (Å²) in [5.74, 6) is 0.889. The van der Waals surface area contributed by atoms with Crippen LogP contribution in [0.2, 0.25) is 5.02 Å². The minimum Gasteiger partial charge on any atom is -0.508 e. The molecule has 0 bridgehead atoms. The van der Waals surface area contributed by atoms with Crippen molar-refractivity contribution in [2.24, 2.45) is 5.73 Å². The molecule has 0 radical (unpaired) electrons. The molecule has 19 heavy (non-hydrogen) atoms. The Morgan fingerprint density at radius 3 is 2.68 bits per heavy atom. The Kier molecular flexibility index (Phi) is 4.66. The van der Waals surface area contributed by atoms with Gasteiger partial charge in [-0.15, -0.1) is 0 Å². The Labute approximate surface area is 117 Å². The molecule has 0 amide bonds. The Morgan fingerprint density at radius 2 is 1.95 bits per heavy atom. The number of halogens is 1. The summed E-state index contributed by atoms with van der Waals surface area (Å²) in [5.41, 5.74) is 7.46. The molecular formula is C15H16ClNO2. The molecule has 3 N–H and O–H groups in total. The van der Waals surface area contributed by atoms with Gasteiger partial charge in [-0.3, -0.25) is 0 Å². The smallest absolute Gasteiger partial charge is 0.141 e. The first-order valence-corrected chi connectivity index (χ1v) is 6.46. The van der Waals surface area contributed by atoms with Gasteiger partial charge in [0.2, 0.25) is 0 Å². The second-order valence-electron chi connectivity index (χ2n) is 4.23. The normalized spacial score (nSPS) is 10.4. The third-order valence-electron chi connectivity index (χ3n) is 2.76. The van der Waals surface area contributed by atoms with Crippen LogP contribution in [0, 0.1) is 0 Å². The number of aromatic hydroxyl groups is 1. The molecule has 0 aromatic heterocycles. The second kappa shape index (κ2) is 6.45. The summed E-state index contributed by atoms with van der Waals surface area (Å²) < 4.78 is 5.76. The molecule has 2 aromatic rings. The first-order valence-electron chi connectivity index (χ1n) is 6.09. The first kappa shape index (κ1) is 13.7. The number of para-hydroxylation sites is 1. The predicted molar refractivity (Wildman–Crippen MR) is 76.6 cm³/mol. The molecule has 4 heteroatoms. The summed E-state index contributed by atoms with van der Waals surface area (Å²) in [6, 6.07) is 12.6. The average molecular weight is 278 g/mol. The number of benzene rings is 2. The van der Waals surface area contributed by atoms with Gasteiger partial charge in [0.1, 0.15) is 18.1 Å². The highest BCUT2D eigenvalue weighted by Gasteiger charge is 2.08. The third-order valence-corrected chi connectivity index (χ3v) is 3.05. The van der Waals surface area contributed by atoms with Gasteiger partial charge in [0.05, 0.1) is 5.02 Å². The highest BCUT2D eigenvalue weighted by atomic mass is 35.5. The third kappa shape index (κ3) is 3.63. The highest BCUT2D eigenvalue weighted by molar-refractivity contribution is 6.32. The van der Waals surface area contributed by atoms with E-state index in [2.05, 4.69) is 0 Å². The van der Waals surface area contributed by atoms with Gasteiger partial charge in [0.25, 0.3) is 0 Å². The number of rotatable bonds is 5. The topological polar surface area (TPSA) is 55.5 Å². The van der Waals surface area contributed by atoms with Gasteiger partial charge in [-0.05, 0) is 42.3 Å². The van der Waals surface area contributed by atoms with Crippen molar-refractivity contribution in [3.05, 3.63) is 58.6 Å². The summed E-state index contributed by atoms with van der Waals surface area (Å²) in [5, 5.41) is 9.98. The second-order valence-corrected chi connectivity index (χ2v) is 4.63. The van der Waals surface area contributed by atoms with Crippen LogP contribution in [0.5, 0.6) is 11.5 Å². The summed E-state index contributed by atoms with van der Waals surface area (Å²) in [6.45, 7) is 0.901. The quantitative estimate of drug-likeness (QED) is 0.883. The van der Waals surface area contributed by atoms with Crippen molar-refractivity contribution < 1.29 is 9.84 Å². The van der Waals surface area contributed by atoms with E-state index in [1.54, 1.807) is 24.3 Å². The lowest BCUT2D eigenvalue weighted by Gasteiger charge is -2.13. The van der Waals surface area contributed by atoms with Crippen LogP contribution in [0.3, 0.4) is 0 Å². The van der Waals surface area contributed by atoms with E-state index in [1.165, 1.54) is 0 Å². The molecule has 0 saturated carbocycles. The van der Waals surface area contributed by atoms with Crippen molar-refractivity contribution in [3.8, 4) is 11.5 Å². The van der Waals surface area contributed by atoms with Gasteiger partial charge < -0.3 is 15.6 Å². The molecule has 0 aliphatic rings. The fourth-order valence-electron chi connectivity index (χ4n) is 1.87. The van der Waals surface area contributed by atoms with Crippen molar-refractivity contribution in [3.63, 3.8) is 0 Å². The lowest BCUT2D eigenvalue weighted by Crippen LogP contribution is -2.05. The standard InChI is InChI=1S/C15H16ClNO2/c16-14-6-2-4-12(7-8-17)15(14)19-10-11-3-1-5-13(18)9-11/h1-6,9,18H,7-8,10,17H2. The van der Waals surface area contributed by atoms with Crippen LogP contribution in [-0.4, -0.2) is 11.7 Å². The van der Waals surface area contributed by atoms with E-state index in [4.69, 9.17) is 22.1 Å². The van der Waals surface area contributed by atoms with E-state index in [9.17, 15) is 5.11 Å². The maximum Gasteiger partial charge on any atom is 0.141 e. The van der Waals surface area contributed by atoms with Gasteiger partial charge in [0, 0.05) is 0 Å². The lowest BCUT2D eigenvalue weighted by atomic mass is 10.1. The molecule has 0 aliphatic heterocycles. The highest BCUT2D eigenvalue weighted by Crippen LogP contribution is 2.29. The molecule has 2 rings (SSSR count). The van der Waals surface area contributed by atoms with Crippen LogP contribution in [0.1, 0.15) is 11.1 Å². The summed E-state index contributed by atoms with van der Waals surface area (Å²) >= 11 is 6.15. The SMILES string of the molecule is NCCc1cccc(Cl)c1OCc1cccc(O)c1. The van der Waals surface area contributed by atoms with Crippen LogP contribution < -0.4 is 10.5 Å². The molecule has 0 aliphatic carbocycles. The monoisotopic (exact) mass is 277 g/mol. The number of phenolic OH excluding ortho intramolecular Hbond substituents is 1. The molecule has 3 nitrogen and oxygen atoms in total. The summed E-state index contributed by atoms with van der Waals surface area (Å²) in [6.07, 6.45) is 0.718. The van der Waals surface area contributed by atoms with E-state index in [0.29, 0.717) is 23.9 Å². The fourth-order valence-corrected chi connectivity index (χ4v) is 2.12. The number of hydrogen-bond donors (Lipinski definition) is 2. The molecular weight excluding hydrogens is 262 g/mol. The van der Waals surface area contributed by atoms with E-state index in [1.807, 2.05) is 18.2 Å². The van der Waals surface area contributed by atoms with Crippen LogP contribution in [0.4, 0.5) is 0 Å². The molecule has 0 heterocycles. The van der Waals surface area contributed by atoms with Gasteiger partial charge in [-0.1, -0.05) is 35.9 Å². The maximum absolute atomic E-state index is 9.41. The van der Waals surface area contributed by atoms with E-state index in [-0.39, 0.29) is 5.75 Å². The maximum atomic E-state index is 9.41. The van der Waals surface area contributed by atoms with Crippen molar-refractivity contribution >= 4 is 11.6 Å². The molecule has 100 valence electrons. The van der Waals surface area contributed by atoms with Gasteiger partial charge in [-0.2, -0.15) is 0 Å². The predicted octanol–water partition coefficient (Wildman–Crippen LogP) is 3.13. The summed E-state index contributed by atoms with van der Waals surface area (Å²) in [4.78, 5) is 0. The molecule has 0 saturated heterocycles. The van der Waals surface area contributed by atoms with E-state index >= 15 is 0 Å². The van der Waals surface area contributed by atoms with Crippen LogP contribution in [0.15, 0.2) is 42.5 Å². The van der Waals surface area contributed by atoms with Crippen LogP contribution in [0.25, 0.3) is 0 Å². The zero-order valence-corrected chi connectivity index (χ0v) is 11.2. The van der Waals surface area contributed by atoms with Gasteiger partial charge in [-0.25, -0.2) is 0 Å². The van der Waals surface area contributed by atoms with Gasteiger partial charge in [0.15, 0.2) is 0 Å². The van der Waals surface area contributed by atoms with Crippen molar-refractivity contribution in [1.29, 1.82) is 0 Å². The largest absolute Gasteiger partial charge is 0.508 e. The number of hydrogen-bond acceptors (Lipinski definition) is 3. The van der Waals surface area contributed by atoms with Crippen molar-refractivity contribution in [2.75, 3.05) is 6.54 Å². The molecule has 0 spiro atoms. The molecule has 0 unspecified atom stereocenters. The number of nitrogens with two attached hydrogens (primary N) is 1. The van der Waals surface area contributed by atoms with E-state index < -0.39 is 0 Å². The fraction of sp³-hybridized carbons (Fsp3) is 0.200. The minimum atomic E-state index is 0.224. The Hall–Kier alpha value is -1.71. The van der Waals surface area contributed by atoms with Crippen molar-refractivity contribution in [1.82, 2.24) is 0 Å². The summed E-state index contributed by atoms with van der Waals surface area (Å²) in [7, 11) is 0. The lowest BCUT2D eigenvalue weighted by molar-refractivity contribution is 0.302. The minimum absolute atomic E-state index is 0.224.